The minimum atomic E-state index is -0.676. The Bertz CT molecular complexity index is 431. The van der Waals surface area contributed by atoms with Crippen LogP contribution in [-0.2, 0) is 16.0 Å². The van der Waals surface area contributed by atoms with Gasteiger partial charge in [0.15, 0.2) is 0 Å². The molecule has 0 radical (unpaired) electrons. The molecule has 7 nitrogen and oxygen atoms in total. The number of hydrogen-bond acceptors (Lipinski definition) is 4. The number of aromatic nitrogens is 2. The number of primary amides is 1. The lowest BCUT2D eigenvalue weighted by molar-refractivity contribution is -0.138. The molecule has 7 heteroatoms. The van der Waals surface area contributed by atoms with Crippen LogP contribution in [0.15, 0.2) is 12.5 Å². The van der Waals surface area contributed by atoms with Crippen molar-refractivity contribution in [1.29, 1.82) is 0 Å². The fraction of sp³-hybridized carbons (Fsp3) is 0.545. The third-order valence-corrected chi connectivity index (χ3v) is 3.18. The summed E-state index contributed by atoms with van der Waals surface area (Å²) in [6, 6.07) is -1.18. The Morgan fingerprint density at radius 3 is 3.00 bits per heavy atom. The van der Waals surface area contributed by atoms with Crippen LogP contribution in [0.2, 0.25) is 0 Å². The zero-order chi connectivity index (χ0) is 13.1. The van der Waals surface area contributed by atoms with Crippen LogP contribution in [0.5, 0.6) is 0 Å². The Kier molecular flexibility index (Phi) is 3.61. The first-order valence-corrected chi connectivity index (χ1v) is 5.92. The van der Waals surface area contributed by atoms with Crippen LogP contribution >= 0.6 is 0 Å². The Labute approximate surface area is 105 Å². The summed E-state index contributed by atoms with van der Waals surface area (Å²) in [4.78, 5) is 31.6. The van der Waals surface area contributed by atoms with E-state index in [1.165, 1.54) is 11.2 Å². The predicted molar refractivity (Wildman–Crippen MR) is 64.2 cm³/mol. The number of nitrogens with two attached hydrogens (primary N) is 2. The summed E-state index contributed by atoms with van der Waals surface area (Å²) in [7, 11) is 0. The van der Waals surface area contributed by atoms with Crippen molar-refractivity contribution < 1.29 is 9.59 Å². The summed E-state index contributed by atoms with van der Waals surface area (Å²) in [6.07, 6.45) is 4.95. The molecule has 1 aliphatic heterocycles. The van der Waals surface area contributed by atoms with Gasteiger partial charge < -0.3 is 21.4 Å². The normalized spacial score (nSPS) is 20.9. The maximum absolute atomic E-state index is 12.1. The Morgan fingerprint density at radius 1 is 1.61 bits per heavy atom. The maximum Gasteiger partial charge on any atom is 0.240 e. The number of amides is 2. The average molecular weight is 251 g/mol. The van der Waals surface area contributed by atoms with Crippen LogP contribution in [-0.4, -0.2) is 45.3 Å². The Morgan fingerprint density at radius 2 is 2.39 bits per heavy atom. The molecule has 0 spiro atoms. The average Bonchev–Trinajstić information content (AvgIpc) is 2.97. The molecule has 1 aromatic rings. The van der Waals surface area contributed by atoms with E-state index in [1.54, 1.807) is 6.20 Å². The van der Waals surface area contributed by atoms with E-state index in [4.69, 9.17) is 11.5 Å². The zero-order valence-corrected chi connectivity index (χ0v) is 10.0. The fourth-order valence-corrected chi connectivity index (χ4v) is 2.26. The molecule has 2 rings (SSSR count). The van der Waals surface area contributed by atoms with Crippen molar-refractivity contribution in [2.45, 2.75) is 31.3 Å². The summed E-state index contributed by atoms with van der Waals surface area (Å²) in [6.45, 7) is 0.545. The van der Waals surface area contributed by atoms with E-state index >= 15 is 0 Å². The quantitative estimate of drug-likeness (QED) is 0.620. The van der Waals surface area contributed by atoms with Crippen LogP contribution in [0.25, 0.3) is 0 Å². The lowest BCUT2D eigenvalue weighted by atomic mass is 10.1. The minimum Gasteiger partial charge on any atom is -0.368 e. The van der Waals surface area contributed by atoms with Gasteiger partial charge in [-0.1, -0.05) is 0 Å². The highest BCUT2D eigenvalue weighted by Crippen LogP contribution is 2.18. The zero-order valence-electron chi connectivity index (χ0n) is 10.0. The van der Waals surface area contributed by atoms with Crippen molar-refractivity contribution in [3.05, 3.63) is 18.2 Å². The largest absolute Gasteiger partial charge is 0.368 e. The molecule has 1 fully saturated rings. The predicted octanol–water partition coefficient (Wildman–Crippen LogP) is -1.24. The minimum absolute atomic E-state index is 0.231. The van der Waals surface area contributed by atoms with Gasteiger partial charge in [0.05, 0.1) is 12.4 Å². The molecule has 2 atom stereocenters. The van der Waals surface area contributed by atoms with Crippen LogP contribution in [0.4, 0.5) is 0 Å². The third kappa shape index (κ3) is 2.51. The van der Waals surface area contributed by atoms with Gasteiger partial charge in [-0.2, -0.15) is 0 Å². The van der Waals surface area contributed by atoms with Crippen molar-refractivity contribution in [2.24, 2.45) is 11.5 Å². The molecule has 0 bridgehead atoms. The van der Waals surface area contributed by atoms with Crippen LogP contribution < -0.4 is 11.5 Å². The van der Waals surface area contributed by atoms with Crippen LogP contribution in [0, 0.1) is 0 Å². The number of H-pyrrole nitrogens is 1. The first kappa shape index (κ1) is 12.6. The summed E-state index contributed by atoms with van der Waals surface area (Å²) < 4.78 is 0. The number of likely N-dealkylation sites (tertiary alicyclic amines) is 1. The molecule has 0 aromatic carbocycles. The standard InChI is InChI=1S/C11H17N5O2/c12-8(4-7-5-14-6-15-7)11(18)16-3-1-2-9(16)10(13)17/h5-6,8-9H,1-4,12H2,(H2,13,17)(H,14,15). The van der Waals surface area contributed by atoms with E-state index < -0.39 is 18.0 Å². The first-order chi connectivity index (χ1) is 8.59. The Balaban J connectivity index is 1.99. The molecular formula is C11H17N5O2. The molecule has 0 saturated carbocycles. The number of carbonyl (C=O) groups is 2. The highest BCUT2D eigenvalue weighted by atomic mass is 16.2. The molecule has 2 amide bonds. The molecule has 0 aliphatic carbocycles. The summed E-state index contributed by atoms with van der Waals surface area (Å²) in [5, 5.41) is 0. The van der Waals surface area contributed by atoms with Crippen LogP contribution in [0.3, 0.4) is 0 Å². The van der Waals surface area contributed by atoms with Gasteiger partial charge in [-0.25, -0.2) is 4.98 Å². The topological polar surface area (TPSA) is 118 Å². The number of rotatable bonds is 4. The number of imidazole rings is 1. The second-order valence-electron chi connectivity index (χ2n) is 4.48. The van der Waals surface area contributed by atoms with E-state index in [1.807, 2.05) is 0 Å². The lowest BCUT2D eigenvalue weighted by Gasteiger charge is -2.25. The van der Waals surface area contributed by atoms with Crippen molar-refractivity contribution in [3.63, 3.8) is 0 Å². The van der Waals surface area contributed by atoms with Gasteiger partial charge >= 0.3 is 0 Å². The number of nitrogens with zero attached hydrogens (tertiary/aromatic N) is 2. The fourth-order valence-electron chi connectivity index (χ4n) is 2.26. The molecular weight excluding hydrogens is 234 g/mol. The molecule has 18 heavy (non-hydrogen) atoms. The van der Waals surface area contributed by atoms with Crippen molar-refractivity contribution in [3.8, 4) is 0 Å². The van der Waals surface area contributed by atoms with Gasteiger partial charge in [-0.3, -0.25) is 9.59 Å². The number of carbonyl (C=O) groups excluding carboxylic acids is 2. The van der Waals surface area contributed by atoms with Crippen molar-refractivity contribution in [1.82, 2.24) is 14.9 Å². The third-order valence-electron chi connectivity index (χ3n) is 3.18. The molecule has 1 aliphatic rings. The maximum atomic E-state index is 12.1. The molecule has 2 heterocycles. The highest BCUT2D eigenvalue weighted by Gasteiger charge is 2.34. The van der Waals surface area contributed by atoms with Gasteiger partial charge in [0, 0.05) is 24.9 Å². The van der Waals surface area contributed by atoms with Gasteiger partial charge in [0.25, 0.3) is 0 Å². The van der Waals surface area contributed by atoms with Gasteiger partial charge in [0.1, 0.15) is 6.04 Å². The molecule has 98 valence electrons. The summed E-state index contributed by atoms with van der Waals surface area (Å²) in [5.74, 6) is -0.694. The van der Waals surface area contributed by atoms with E-state index in [9.17, 15) is 9.59 Å². The van der Waals surface area contributed by atoms with Gasteiger partial charge in [0.2, 0.25) is 11.8 Å². The van der Waals surface area contributed by atoms with Crippen molar-refractivity contribution in [2.75, 3.05) is 6.54 Å². The lowest BCUT2D eigenvalue weighted by Crippen LogP contribution is -2.50. The number of nitrogens with one attached hydrogen (secondary N) is 1. The van der Waals surface area contributed by atoms with E-state index in [0.717, 1.165) is 12.1 Å². The summed E-state index contributed by atoms with van der Waals surface area (Å²) >= 11 is 0. The second kappa shape index (κ2) is 5.18. The second-order valence-corrected chi connectivity index (χ2v) is 4.48. The Hall–Kier alpha value is -1.89. The molecule has 2 unspecified atom stereocenters. The number of aromatic amines is 1. The van der Waals surface area contributed by atoms with E-state index in [-0.39, 0.29) is 5.91 Å². The van der Waals surface area contributed by atoms with E-state index in [2.05, 4.69) is 9.97 Å². The SMILES string of the molecule is NC(=O)C1CCCN1C(=O)C(N)Cc1cnc[nH]1. The monoisotopic (exact) mass is 251 g/mol. The molecule has 5 N–H and O–H groups in total. The van der Waals surface area contributed by atoms with Gasteiger partial charge in [-0.05, 0) is 12.8 Å². The number of hydrogen-bond donors (Lipinski definition) is 3. The van der Waals surface area contributed by atoms with E-state index in [0.29, 0.717) is 19.4 Å². The first-order valence-electron chi connectivity index (χ1n) is 5.92. The highest BCUT2D eigenvalue weighted by molar-refractivity contribution is 5.89. The van der Waals surface area contributed by atoms with Gasteiger partial charge in [-0.15, -0.1) is 0 Å². The molecule has 1 saturated heterocycles. The summed E-state index contributed by atoms with van der Waals surface area (Å²) in [5.41, 5.74) is 11.9. The van der Waals surface area contributed by atoms with Crippen molar-refractivity contribution >= 4 is 11.8 Å². The molecule has 1 aromatic heterocycles. The smallest absolute Gasteiger partial charge is 0.240 e. The van der Waals surface area contributed by atoms with Crippen LogP contribution in [0.1, 0.15) is 18.5 Å².